The van der Waals surface area contributed by atoms with Crippen LogP contribution in [0.25, 0.3) is 0 Å². The fourth-order valence-electron chi connectivity index (χ4n) is 3.51. The van der Waals surface area contributed by atoms with Crippen molar-refractivity contribution >= 4 is 23.2 Å². The number of nitro groups is 1. The second-order valence-electron chi connectivity index (χ2n) is 7.43. The monoisotopic (exact) mass is 489 g/mol. The van der Waals surface area contributed by atoms with Gasteiger partial charge >= 0.3 is 5.69 Å². The highest BCUT2D eigenvalue weighted by Crippen LogP contribution is 2.38. The number of halogens is 1. The molecule has 3 aromatic carbocycles. The van der Waals surface area contributed by atoms with Gasteiger partial charge in [-0.25, -0.2) is 0 Å². The van der Waals surface area contributed by atoms with Crippen molar-refractivity contribution in [2.75, 3.05) is 7.11 Å². The summed E-state index contributed by atoms with van der Waals surface area (Å²) in [6, 6.07) is 21.6. The Morgan fingerprint density at radius 2 is 1.63 bits per heavy atom. The van der Waals surface area contributed by atoms with Crippen molar-refractivity contribution in [2.45, 2.75) is 6.04 Å². The minimum absolute atomic E-state index is 0.00303. The Balaban J connectivity index is 1.61. The molecule has 0 fully saturated rings. The summed E-state index contributed by atoms with van der Waals surface area (Å²) in [5.74, 6) is 0.111. The maximum atomic E-state index is 13.2. The number of nitrogens with zero attached hydrogens (tertiary/aromatic N) is 2. The summed E-state index contributed by atoms with van der Waals surface area (Å²) < 4.78 is 11.1. The van der Waals surface area contributed by atoms with Crippen LogP contribution in [0.3, 0.4) is 0 Å². The van der Waals surface area contributed by atoms with Gasteiger partial charge in [0.2, 0.25) is 5.75 Å². The van der Waals surface area contributed by atoms with E-state index in [4.69, 9.17) is 21.1 Å². The molecule has 0 bridgehead atoms. The molecule has 8 nitrogen and oxygen atoms in total. The molecule has 0 saturated heterocycles. The van der Waals surface area contributed by atoms with Crippen molar-refractivity contribution in [2.24, 2.45) is 0 Å². The minimum atomic E-state index is -0.585. The van der Waals surface area contributed by atoms with Crippen LogP contribution >= 0.6 is 11.6 Å². The van der Waals surface area contributed by atoms with Crippen LogP contribution in [0.5, 0.6) is 17.2 Å². The molecule has 0 aliphatic carbocycles. The summed E-state index contributed by atoms with van der Waals surface area (Å²) >= 11 is 5.88. The van der Waals surface area contributed by atoms with E-state index in [1.165, 1.54) is 37.4 Å². The number of carbonyl (C=O) groups is 1. The molecule has 0 saturated carbocycles. The smallest absolute Gasteiger partial charge is 0.313 e. The summed E-state index contributed by atoms with van der Waals surface area (Å²) in [5, 5.41) is 14.6. The number of nitrogens with one attached hydrogen (secondary N) is 1. The minimum Gasteiger partial charge on any atom is -0.493 e. The zero-order chi connectivity index (χ0) is 24.8. The van der Waals surface area contributed by atoms with Crippen molar-refractivity contribution in [3.63, 3.8) is 0 Å². The number of nitro benzene ring substituents is 1. The second kappa shape index (κ2) is 10.7. The molecule has 0 radical (unpaired) electrons. The average molecular weight is 490 g/mol. The van der Waals surface area contributed by atoms with E-state index in [9.17, 15) is 14.9 Å². The lowest BCUT2D eigenvalue weighted by Gasteiger charge is -2.20. The van der Waals surface area contributed by atoms with Crippen molar-refractivity contribution in [1.29, 1.82) is 0 Å². The maximum absolute atomic E-state index is 13.2. The molecule has 1 amide bonds. The molecular weight excluding hydrogens is 470 g/mol. The Labute approximate surface area is 206 Å². The quantitative estimate of drug-likeness (QED) is 0.242. The summed E-state index contributed by atoms with van der Waals surface area (Å²) in [6.07, 6.45) is 3.34. The van der Waals surface area contributed by atoms with Crippen LogP contribution in [0, 0.1) is 10.1 Å². The highest BCUT2D eigenvalue weighted by molar-refractivity contribution is 6.30. The third-order valence-corrected chi connectivity index (χ3v) is 5.45. The first-order valence-electron chi connectivity index (χ1n) is 10.5. The molecule has 35 heavy (non-hydrogen) atoms. The Morgan fingerprint density at radius 1 is 0.943 bits per heavy atom. The van der Waals surface area contributed by atoms with E-state index in [-0.39, 0.29) is 33.9 Å². The van der Waals surface area contributed by atoms with Crippen molar-refractivity contribution < 1.29 is 19.2 Å². The molecule has 1 atom stereocenters. The molecule has 9 heteroatoms. The third kappa shape index (κ3) is 5.56. The molecule has 1 aromatic heterocycles. The molecule has 1 N–H and O–H groups in total. The number of aromatic nitrogens is 1. The van der Waals surface area contributed by atoms with Gasteiger partial charge in [0, 0.05) is 29.0 Å². The van der Waals surface area contributed by atoms with Gasteiger partial charge in [-0.05, 0) is 53.6 Å². The molecular formula is C26H20ClN3O5. The number of methoxy groups -OCH3 is 1. The lowest BCUT2D eigenvalue weighted by molar-refractivity contribution is -0.385. The predicted molar refractivity (Wildman–Crippen MR) is 131 cm³/mol. The van der Waals surface area contributed by atoms with Crippen LogP contribution in [-0.4, -0.2) is 22.9 Å². The number of benzene rings is 3. The van der Waals surface area contributed by atoms with Gasteiger partial charge in [-0.1, -0.05) is 41.9 Å². The Bertz CT molecular complexity index is 1310. The predicted octanol–water partition coefficient (Wildman–Crippen LogP) is 5.96. The molecule has 4 rings (SSSR count). The first kappa shape index (κ1) is 23.7. The van der Waals surface area contributed by atoms with E-state index in [2.05, 4.69) is 10.3 Å². The largest absolute Gasteiger partial charge is 0.493 e. The van der Waals surface area contributed by atoms with Crippen molar-refractivity contribution in [1.82, 2.24) is 10.3 Å². The zero-order valence-corrected chi connectivity index (χ0v) is 19.3. The molecule has 0 aliphatic rings. The number of ether oxygens (including phenoxy) is 2. The normalized spacial score (nSPS) is 11.4. The Kier molecular flexibility index (Phi) is 7.23. The van der Waals surface area contributed by atoms with E-state index >= 15 is 0 Å². The summed E-state index contributed by atoms with van der Waals surface area (Å²) in [7, 11) is 1.42. The van der Waals surface area contributed by atoms with E-state index in [1.54, 1.807) is 18.5 Å². The van der Waals surface area contributed by atoms with Gasteiger partial charge in [0.1, 0.15) is 0 Å². The third-order valence-electron chi connectivity index (χ3n) is 5.21. The van der Waals surface area contributed by atoms with Gasteiger partial charge in [0.15, 0.2) is 11.5 Å². The lowest BCUT2D eigenvalue weighted by Crippen LogP contribution is -2.29. The van der Waals surface area contributed by atoms with Gasteiger partial charge in [-0.15, -0.1) is 0 Å². The standard InChI is InChI=1S/C26H20ClN3O5/c1-34-24-15-19(7-9-23(24)35-22-10-8-20(27)16-21(22)30(32)33)26(31)29-25(17-5-3-2-4-6-17)18-11-13-28-14-12-18/h2-16,25H,1H3,(H,29,31). The van der Waals surface area contributed by atoms with Crippen LogP contribution in [0.4, 0.5) is 5.69 Å². The molecule has 1 unspecified atom stereocenters. The number of pyridine rings is 1. The van der Waals surface area contributed by atoms with Crippen LogP contribution in [-0.2, 0) is 0 Å². The van der Waals surface area contributed by atoms with Gasteiger partial charge < -0.3 is 14.8 Å². The average Bonchev–Trinajstić information content (AvgIpc) is 2.89. The summed E-state index contributed by atoms with van der Waals surface area (Å²) in [4.78, 5) is 28.0. The van der Waals surface area contributed by atoms with E-state index in [0.29, 0.717) is 5.56 Å². The molecule has 176 valence electrons. The van der Waals surface area contributed by atoms with Gasteiger partial charge in [-0.3, -0.25) is 19.9 Å². The lowest BCUT2D eigenvalue weighted by atomic mass is 9.99. The zero-order valence-electron chi connectivity index (χ0n) is 18.6. The van der Waals surface area contributed by atoms with Crippen LogP contribution in [0.2, 0.25) is 5.02 Å². The second-order valence-corrected chi connectivity index (χ2v) is 7.87. The fraction of sp³-hybridized carbons (Fsp3) is 0.0769. The van der Waals surface area contributed by atoms with Gasteiger partial charge in [-0.2, -0.15) is 0 Å². The topological polar surface area (TPSA) is 104 Å². The Morgan fingerprint density at radius 3 is 2.31 bits per heavy atom. The van der Waals surface area contributed by atoms with Crippen LogP contribution in [0.1, 0.15) is 27.5 Å². The van der Waals surface area contributed by atoms with Gasteiger partial charge in [0.25, 0.3) is 5.91 Å². The first-order chi connectivity index (χ1) is 17.0. The number of hydrogen-bond acceptors (Lipinski definition) is 6. The number of amides is 1. The van der Waals surface area contributed by atoms with Crippen LogP contribution in [0.15, 0.2) is 91.3 Å². The fourth-order valence-corrected chi connectivity index (χ4v) is 3.67. The number of carbonyl (C=O) groups excluding carboxylic acids is 1. The van der Waals surface area contributed by atoms with E-state index in [1.807, 2.05) is 42.5 Å². The van der Waals surface area contributed by atoms with Gasteiger partial charge in [0.05, 0.1) is 18.1 Å². The summed E-state index contributed by atoms with van der Waals surface area (Å²) in [6.45, 7) is 0. The SMILES string of the molecule is COc1cc(C(=O)NC(c2ccccc2)c2ccncc2)ccc1Oc1ccc(Cl)cc1[N+](=O)[O-]. The van der Waals surface area contributed by atoms with Crippen molar-refractivity contribution in [3.05, 3.63) is 123 Å². The Hall–Kier alpha value is -4.43. The maximum Gasteiger partial charge on any atom is 0.313 e. The van der Waals surface area contributed by atoms with E-state index < -0.39 is 11.0 Å². The molecule has 0 spiro atoms. The number of hydrogen-bond donors (Lipinski definition) is 1. The number of rotatable bonds is 8. The molecule has 4 aromatic rings. The van der Waals surface area contributed by atoms with Crippen LogP contribution < -0.4 is 14.8 Å². The summed E-state index contributed by atoms with van der Waals surface area (Å²) in [5.41, 5.74) is 1.83. The highest BCUT2D eigenvalue weighted by Gasteiger charge is 2.21. The molecule has 1 heterocycles. The van der Waals surface area contributed by atoms with Crippen molar-refractivity contribution in [3.8, 4) is 17.2 Å². The molecule has 0 aliphatic heterocycles. The van der Waals surface area contributed by atoms with E-state index in [0.717, 1.165) is 11.1 Å². The highest BCUT2D eigenvalue weighted by atomic mass is 35.5. The first-order valence-corrected chi connectivity index (χ1v) is 10.9.